The Labute approximate surface area is 115 Å². The first kappa shape index (κ1) is 12.1. The first-order valence-corrected chi connectivity index (χ1v) is 6.59. The molecule has 3 rings (SSSR count). The molecule has 0 bridgehead atoms. The zero-order valence-electron chi connectivity index (χ0n) is 10.3. The van der Waals surface area contributed by atoms with Crippen LogP contribution in [0.3, 0.4) is 0 Å². The summed E-state index contributed by atoms with van der Waals surface area (Å²) in [5.41, 5.74) is 1.22. The summed E-state index contributed by atoms with van der Waals surface area (Å²) >= 11 is 4.90. The van der Waals surface area contributed by atoms with Crippen molar-refractivity contribution in [1.82, 2.24) is 20.1 Å². The van der Waals surface area contributed by atoms with E-state index >= 15 is 0 Å². The van der Waals surface area contributed by atoms with Gasteiger partial charge in [-0.3, -0.25) is 15.0 Å². The first-order valence-electron chi connectivity index (χ1n) is 6.18. The number of aromatic amines is 2. The number of hydrogen-bond acceptors (Lipinski definition) is 3. The van der Waals surface area contributed by atoms with E-state index in [-0.39, 0.29) is 11.8 Å². The van der Waals surface area contributed by atoms with Crippen molar-refractivity contribution < 1.29 is 4.79 Å². The van der Waals surface area contributed by atoms with Crippen LogP contribution >= 0.6 is 12.2 Å². The van der Waals surface area contributed by atoms with Gasteiger partial charge in [0.1, 0.15) is 5.82 Å². The summed E-state index contributed by atoms with van der Waals surface area (Å²) in [7, 11) is 0. The molecule has 1 aliphatic heterocycles. The van der Waals surface area contributed by atoms with Crippen LogP contribution in [-0.4, -0.2) is 32.5 Å². The number of carbonyl (C=O) groups excluding carboxylic acids is 1. The lowest BCUT2D eigenvalue weighted by Gasteiger charge is -2.14. The van der Waals surface area contributed by atoms with E-state index in [9.17, 15) is 4.79 Å². The van der Waals surface area contributed by atoms with E-state index in [0.717, 1.165) is 6.54 Å². The van der Waals surface area contributed by atoms with Crippen LogP contribution in [0.5, 0.6) is 0 Å². The molecular weight excluding hydrogens is 260 g/mol. The summed E-state index contributed by atoms with van der Waals surface area (Å²) in [5, 5.41) is 5.61. The summed E-state index contributed by atoms with van der Waals surface area (Å²) in [6.45, 7) is 1.21. The average Bonchev–Trinajstić information content (AvgIpc) is 2.98. The molecule has 2 N–H and O–H groups in total. The van der Waals surface area contributed by atoms with Crippen LogP contribution in [0.4, 0.5) is 0 Å². The van der Waals surface area contributed by atoms with Crippen molar-refractivity contribution in [3.8, 4) is 0 Å². The van der Waals surface area contributed by atoms with Gasteiger partial charge in [-0.15, -0.1) is 0 Å². The zero-order chi connectivity index (χ0) is 13.2. The minimum atomic E-state index is 0.163. The molecular formula is C13H14N4OS. The number of nitrogens with zero attached hydrogens (tertiary/aromatic N) is 2. The number of likely N-dealkylation sites (tertiary alicyclic amines) is 1. The summed E-state index contributed by atoms with van der Waals surface area (Å²) in [6.07, 6.45) is 0.565. The summed E-state index contributed by atoms with van der Waals surface area (Å²) in [4.78, 5) is 18.0. The normalized spacial score (nSPS) is 19.1. The summed E-state index contributed by atoms with van der Waals surface area (Å²) < 4.78 is 0.418. The second kappa shape index (κ2) is 4.97. The van der Waals surface area contributed by atoms with E-state index in [2.05, 4.69) is 27.3 Å². The predicted molar refractivity (Wildman–Crippen MR) is 73.0 cm³/mol. The van der Waals surface area contributed by atoms with E-state index in [0.29, 0.717) is 23.6 Å². The standard InChI is InChI=1S/C13H14N4OS/c18-12-6-10(9-4-2-1-3-5-9)7-17(12)8-11-14-13(19)16-15-11/h1-5,10H,6-8H2,(H2,14,15,16,19)/t10-/m1/s1. The molecule has 1 aromatic heterocycles. The minimum absolute atomic E-state index is 0.163. The van der Waals surface area contributed by atoms with Crippen LogP contribution in [-0.2, 0) is 11.3 Å². The Bertz CT molecular complexity index is 633. The van der Waals surface area contributed by atoms with E-state index in [1.807, 2.05) is 23.1 Å². The third-order valence-electron chi connectivity index (χ3n) is 3.38. The Balaban J connectivity index is 1.72. The molecule has 1 amide bonds. The number of nitrogens with one attached hydrogen (secondary N) is 2. The maximum absolute atomic E-state index is 12.0. The molecule has 19 heavy (non-hydrogen) atoms. The van der Waals surface area contributed by atoms with Crippen molar-refractivity contribution >= 4 is 18.1 Å². The highest BCUT2D eigenvalue weighted by Crippen LogP contribution is 2.28. The van der Waals surface area contributed by atoms with Crippen LogP contribution in [0.25, 0.3) is 0 Å². The van der Waals surface area contributed by atoms with Crippen LogP contribution in [0.2, 0.25) is 0 Å². The first-order chi connectivity index (χ1) is 9.22. The quantitative estimate of drug-likeness (QED) is 0.841. The van der Waals surface area contributed by atoms with Gasteiger partial charge in [0, 0.05) is 18.9 Å². The Morgan fingerprint density at radius 2 is 2.11 bits per heavy atom. The second-order valence-electron chi connectivity index (χ2n) is 4.70. The fraction of sp³-hybridized carbons (Fsp3) is 0.308. The van der Waals surface area contributed by atoms with E-state index in [1.165, 1.54) is 5.56 Å². The number of amides is 1. The highest BCUT2D eigenvalue weighted by atomic mass is 32.1. The average molecular weight is 274 g/mol. The van der Waals surface area contributed by atoms with Crippen LogP contribution in [0.1, 0.15) is 23.7 Å². The largest absolute Gasteiger partial charge is 0.335 e. The van der Waals surface area contributed by atoms with E-state index < -0.39 is 0 Å². The number of carbonyl (C=O) groups is 1. The van der Waals surface area contributed by atoms with Gasteiger partial charge in [-0.1, -0.05) is 30.3 Å². The molecule has 0 radical (unpaired) electrons. The molecule has 1 saturated heterocycles. The third kappa shape index (κ3) is 2.58. The predicted octanol–water partition coefficient (Wildman–Crippen LogP) is 1.98. The Hall–Kier alpha value is -1.95. The van der Waals surface area contributed by atoms with Gasteiger partial charge in [-0.25, -0.2) is 4.98 Å². The maximum atomic E-state index is 12.0. The molecule has 0 aliphatic carbocycles. The molecule has 2 heterocycles. The summed E-state index contributed by atoms with van der Waals surface area (Å²) in [5.74, 6) is 1.14. The zero-order valence-corrected chi connectivity index (χ0v) is 11.1. The van der Waals surface area contributed by atoms with Crippen LogP contribution in [0.15, 0.2) is 30.3 Å². The molecule has 1 aromatic carbocycles. The Kier molecular flexibility index (Phi) is 3.16. The monoisotopic (exact) mass is 274 g/mol. The smallest absolute Gasteiger partial charge is 0.223 e. The van der Waals surface area contributed by atoms with Gasteiger partial charge in [0.2, 0.25) is 10.7 Å². The van der Waals surface area contributed by atoms with E-state index in [4.69, 9.17) is 12.2 Å². The number of rotatable bonds is 3. The summed E-state index contributed by atoms with van der Waals surface area (Å²) in [6, 6.07) is 10.1. The van der Waals surface area contributed by atoms with Gasteiger partial charge < -0.3 is 4.90 Å². The lowest BCUT2D eigenvalue weighted by atomic mass is 9.99. The van der Waals surface area contributed by atoms with Gasteiger partial charge in [0.05, 0.1) is 6.54 Å². The molecule has 2 aromatic rings. The Morgan fingerprint density at radius 1 is 1.32 bits per heavy atom. The molecule has 1 aliphatic rings. The van der Waals surface area contributed by atoms with Crippen molar-refractivity contribution in [2.45, 2.75) is 18.9 Å². The van der Waals surface area contributed by atoms with Crippen molar-refractivity contribution in [2.24, 2.45) is 0 Å². The maximum Gasteiger partial charge on any atom is 0.223 e. The SMILES string of the molecule is O=C1C[C@@H](c2ccccc2)CN1Cc1nc(=S)[nH][nH]1. The molecule has 98 valence electrons. The lowest BCUT2D eigenvalue weighted by molar-refractivity contribution is -0.128. The molecule has 5 nitrogen and oxygen atoms in total. The van der Waals surface area contributed by atoms with Crippen molar-refractivity contribution in [3.63, 3.8) is 0 Å². The minimum Gasteiger partial charge on any atom is -0.335 e. The van der Waals surface area contributed by atoms with Crippen LogP contribution in [0, 0.1) is 4.77 Å². The van der Waals surface area contributed by atoms with E-state index in [1.54, 1.807) is 0 Å². The topological polar surface area (TPSA) is 64.8 Å². The second-order valence-corrected chi connectivity index (χ2v) is 5.09. The van der Waals surface area contributed by atoms with Gasteiger partial charge in [-0.2, -0.15) is 0 Å². The molecule has 0 spiro atoms. The van der Waals surface area contributed by atoms with Gasteiger partial charge >= 0.3 is 0 Å². The van der Waals surface area contributed by atoms with Crippen LogP contribution < -0.4 is 0 Å². The Morgan fingerprint density at radius 3 is 2.79 bits per heavy atom. The van der Waals surface area contributed by atoms with Crippen molar-refractivity contribution in [3.05, 3.63) is 46.5 Å². The molecule has 0 unspecified atom stereocenters. The number of hydrogen-bond donors (Lipinski definition) is 2. The van der Waals surface area contributed by atoms with Gasteiger partial charge in [-0.05, 0) is 17.8 Å². The fourth-order valence-electron chi connectivity index (χ4n) is 2.43. The van der Waals surface area contributed by atoms with Gasteiger partial charge in [0.25, 0.3) is 0 Å². The van der Waals surface area contributed by atoms with Crippen molar-refractivity contribution in [2.75, 3.05) is 6.54 Å². The van der Waals surface area contributed by atoms with Gasteiger partial charge in [0.15, 0.2) is 0 Å². The number of H-pyrrole nitrogens is 2. The highest BCUT2D eigenvalue weighted by Gasteiger charge is 2.30. The molecule has 1 fully saturated rings. The van der Waals surface area contributed by atoms with Crippen molar-refractivity contribution in [1.29, 1.82) is 0 Å². The highest BCUT2D eigenvalue weighted by molar-refractivity contribution is 7.71. The number of aromatic nitrogens is 3. The molecule has 1 atom stereocenters. The number of benzene rings is 1. The third-order valence-corrected chi connectivity index (χ3v) is 3.57. The lowest BCUT2D eigenvalue weighted by Crippen LogP contribution is -2.25. The fourth-order valence-corrected chi connectivity index (χ4v) is 2.59. The molecule has 0 saturated carbocycles. The molecule has 6 heteroatoms.